The van der Waals surface area contributed by atoms with Crippen LogP contribution >= 0.6 is 0 Å². The first-order valence-corrected chi connectivity index (χ1v) is 5.13. The van der Waals surface area contributed by atoms with Crippen molar-refractivity contribution in [3.63, 3.8) is 0 Å². The van der Waals surface area contributed by atoms with Gasteiger partial charge in [-0.1, -0.05) is 0 Å². The molecular weight excluding hydrogens is 204 g/mol. The first-order valence-electron chi connectivity index (χ1n) is 5.13. The predicted molar refractivity (Wildman–Crippen MR) is 63.2 cm³/mol. The van der Waals surface area contributed by atoms with E-state index in [4.69, 9.17) is 9.15 Å². The Balaban J connectivity index is 3.02. The third kappa shape index (κ3) is 1.48. The molecular formula is C13H14O3. The molecule has 2 aromatic rings. The summed E-state index contributed by atoms with van der Waals surface area (Å²) in [4.78, 5) is 11.3. The molecule has 0 aliphatic heterocycles. The standard InChI is InChI=1S/C13H14O3/c1-7-5-10-8(2)6-11(14)16-13(10)12(15-4)9(7)3/h5-6H,1-4H3. The van der Waals surface area contributed by atoms with Crippen LogP contribution in [0, 0.1) is 20.8 Å². The Kier molecular flexibility index (Phi) is 2.46. The van der Waals surface area contributed by atoms with Crippen LogP contribution in [0.15, 0.2) is 21.3 Å². The highest BCUT2D eigenvalue weighted by atomic mass is 16.5. The maximum Gasteiger partial charge on any atom is 0.336 e. The number of aryl methyl sites for hydroxylation is 2. The summed E-state index contributed by atoms with van der Waals surface area (Å²) in [5.41, 5.74) is 3.24. The van der Waals surface area contributed by atoms with Gasteiger partial charge in [-0.2, -0.15) is 0 Å². The van der Waals surface area contributed by atoms with Crippen LogP contribution in [0.4, 0.5) is 0 Å². The topological polar surface area (TPSA) is 39.4 Å². The first-order chi connectivity index (χ1) is 7.54. The molecule has 1 heterocycles. The van der Waals surface area contributed by atoms with Crippen molar-refractivity contribution in [1.29, 1.82) is 0 Å². The van der Waals surface area contributed by atoms with Crippen molar-refractivity contribution in [2.75, 3.05) is 7.11 Å². The van der Waals surface area contributed by atoms with E-state index in [0.29, 0.717) is 11.3 Å². The fourth-order valence-corrected chi connectivity index (χ4v) is 1.89. The van der Waals surface area contributed by atoms with Gasteiger partial charge >= 0.3 is 5.63 Å². The molecule has 0 spiro atoms. The number of hydrogen-bond donors (Lipinski definition) is 0. The van der Waals surface area contributed by atoms with Gasteiger partial charge in [-0.25, -0.2) is 4.79 Å². The van der Waals surface area contributed by atoms with E-state index in [-0.39, 0.29) is 5.63 Å². The van der Waals surface area contributed by atoms with Gasteiger partial charge in [-0.3, -0.25) is 0 Å². The quantitative estimate of drug-likeness (QED) is 0.691. The fourth-order valence-electron chi connectivity index (χ4n) is 1.89. The Morgan fingerprint density at radius 3 is 2.44 bits per heavy atom. The molecule has 0 aliphatic rings. The number of methoxy groups -OCH3 is 1. The average molecular weight is 218 g/mol. The molecule has 0 N–H and O–H groups in total. The molecule has 1 aromatic carbocycles. The number of benzene rings is 1. The van der Waals surface area contributed by atoms with Gasteiger partial charge in [0.25, 0.3) is 0 Å². The molecule has 0 fully saturated rings. The van der Waals surface area contributed by atoms with E-state index < -0.39 is 0 Å². The van der Waals surface area contributed by atoms with Crippen LogP contribution < -0.4 is 10.4 Å². The van der Waals surface area contributed by atoms with Crippen molar-refractivity contribution in [3.05, 3.63) is 39.2 Å². The lowest BCUT2D eigenvalue weighted by atomic mass is 10.0. The minimum absolute atomic E-state index is 0.341. The minimum atomic E-state index is -0.341. The third-order valence-electron chi connectivity index (χ3n) is 2.91. The van der Waals surface area contributed by atoms with Gasteiger partial charge in [0.05, 0.1) is 7.11 Å². The molecule has 0 bridgehead atoms. The van der Waals surface area contributed by atoms with E-state index in [9.17, 15) is 4.79 Å². The molecule has 0 amide bonds. The average Bonchev–Trinajstić information content (AvgIpc) is 2.22. The molecule has 0 saturated carbocycles. The highest BCUT2D eigenvalue weighted by Crippen LogP contribution is 2.32. The van der Waals surface area contributed by atoms with E-state index in [1.54, 1.807) is 7.11 Å². The lowest BCUT2D eigenvalue weighted by Crippen LogP contribution is -2.01. The van der Waals surface area contributed by atoms with E-state index in [2.05, 4.69) is 0 Å². The molecule has 2 rings (SSSR count). The molecule has 0 radical (unpaired) electrons. The van der Waals surface area contributed by atoms with Crippen LogP contribution in [-0.2, 0) is 0 Å². The molecule has 3 heteroatoms. The van der Waals surface area contributed by atoms with E-state index in [1.165, 1.54) is 6.07 Å². The largest absolute Gasteiger partial charge is 0.493 e. The van der Waals surface area contributed by atoms with Crippen LogP contribution in [0.3, 0.4) is 0 Å². The second-order valence-electron chi connectivity index (χ2n) is 3.98. The fraction of sp³-hybridized carbons (Fsp3) is 0.308. The van der Waals surface area contributed by atoms with Gasteiger partial charge in [0.1, 0.15) is 0 Å². The zero-order chi connectivity index (χ0) is 11.9. The molecule has 0 saturated heterocycles. The Morgan fingerprint density at radius 1 is 1.12 bits per heavy atom. The second-order valence-corrected chi connectivity index (χ2v) is 3.98. The van der Waals surface area contributed by atoms with Crippen molar-refractivity contribution in [2.45, 2.75) is 20.8 Å². The van der Waals surface area contributed by atoms with Crippen LogP contribution in [0.25, 0.3) is 11.0 Å². The maximum atomic E-state index is 11.3. The number of ether oxygens (including phenoxy) is 1. The van der Waals surface area contributed by atoms with Gasteiger partial charge < -0.3 is 9.15 Å². The normalized spacial score (nSPS) is 10.8. The SMILES string of the molecule is COc1c(C)c(C)cc2c(C)cc(=O)oc12. The van der Waals surface area contributed by atoms with Crippen LogP contribution in [0.2, 0.25) is 0 Å². The summed E-state index contributed by atoms with van der Waals surface area (Å²) in [6.07, 6.45) is 0. The molecule has 84 valence electrons. The van der Waals surface area contributed by atoms with Gasteiger partial charge in [-0.15, -0.1) is 0 Å². The predicted octanol–water partition coefficient (Wildman–Crippen LogP) is 2.73. The summed E-state index contributed by atoms with van der Waals surface area (Å²) in [5.74, 6) is 0.649. The third-order valence-corrected chi connectivity index (χ3v) is 2.91. The highest BCUT2D eigenvalue weighted by molar-refractivity contribution is 5.87. The molecule has 16 heavy (non-hydrogen) atoms. The van der Waals surface area contributed by atoms with Crippen LogP contribution in [-0.4, -0.2) is 7.11 Å². The summed E-state index contributed by atoms with van der Waals surface area (Å²) in [6, 6.07) is 3.52. The van der Waals surface area contributed by atoms with Crippen molar-refractivity contribution in [3.8, 4) is 5.75 Å². The van der Waals surface area contributed by atoms with Crippen LogP contribution in [0.5, 0.6) is 5.75 Å². The summed E-state index contributed by atoms with van der Waals surface area (Å²) >= 11 is 0. The Bertz CT molecular complexity index is 609. The summed E-state index contributed by atoms with van der Waals surface area (Å²) in [7, 11) is 1.59. The smallest absolute Gasteiger partial charge is 0.336 e. The number of hydrogen-bond acceptors (Lipinski definition) is 3. The van der Waals surface area contributed by atoms with Crippen molar-refractivity contribution in [1.82, 2.24) is 0 Å². The lowest BCUT2D eigenvalue weighted by Gasteiger charge is -2.11. The van der Waals surface area contributed by atoms with Gasteiger partial charge in [0, 0.05) is 11.5 Å². The van der Waals surface area contributed by atoms with E-state index in [0.717, 1.165) is 22.1 Å². The van der Waals surface area contributed by atoms with Crippen LogP contribution in [0.1, 0.15) is 16.7 Å². The van der Waals surface area contributed by atoms with E-state index in [1.807, 2.05) is 26.8 Å². The van der Waals surface area contributed by atoms with E-state index >= 15 is 0 Å². The Labute approximate surface area is 93.7 Å². The number of fused-ring (bicyclic) bond motifs is 1. The molecule has 0 aliphatic carbocycles. The molecule has 1 aromatic heterocycles. The maximum absolute atomic E-state index is 11.3. The Morgan fingerprint density at radius 2 is 1.81 bits per heavy atom. The number of rotatable bonds is 1. The Hall–Kier alpha value is -1.77. The highest BCUT2D eigenvalue weighted by Gasteiger charge is 2.12. The molecule has 0 unspecified atom stereocenters. The van der Waals surface area contributed by atoms with Gasteiger partial charge in [0.15, 0.2) is 11.3 Å². The van der Waals surface area contributed by atoms with Gasteiger partial charge in [0.2, 0.25) is 0 Å². The van der Waals surface area contributed by atoms with Crippen molar-refractivity contribution >= 4 is 11.0 Å². The van der Waals surface area contributed by atoms with Gasteiger partial charge in [-0.05, 0) is 43.5 Å². The van der Waals surface area contributed by atoms with Crippen molar-refractivity contribution < 1.29 is 9.15 Å². The lowest BCUT2D eigenvalue weighted by molar-refractivity contribution is 0.403. The zero-order valence-electron chi connectivity index (χ0n) is 9.88. The monoisotopic (exact) mass is 218 g/mol. The summed E-state index contributed by atoms with van der Waals surface area (Å²) in [5, 5.41) is 0.930. The first kappa shape index (κ1) is 10.7. The summed E-state index contributed by atoms with van der Waals surface area (Å²) < 4.78 is 10.5. The second kappa shape index (κ2) is 3.67. The minimum Gasteiger partial charge on any atom is -0.493 e. The molecule has 0 atom stereocenters. The zero-order valence-corrected chi connectivity index (χ0v) is 9.88. The van der Waals surface area contributed by atoms with Crippen molar-refractivity contribution in [2.24, 2.45) is 0 Å². The summed E-state index contributed by atoms with van der Waals surface area (Å²) in [6.45, 7) is 5.87. The molecule has 3 nitrogen and oxygen atoms in total.